The van der Waals surface area contributed by atoms with E-state index in [1.165, 1.54) is 12.1 Å². The van der Waals surface area contributed by atoms with Crippen molar-refractivity contribution >= 4 is 28.8 Å². The first-order valence-corrected chi connectivity index (χ1v) is 11.1. The molecule has 1 aromatic heterocycles. The van der Waals surface area contributed by atoms with Crippen molar-refractivity contribution in [2.75, 3.05) is 18.0 Å². The van der Waals surface area contributed by atoms with Gasteiger partial charge >= 0.3 is 5.97 Å². The van der Waals surface area contributed by atoms with Gasteiger partial charge in [0.15, 0.2) is 0 Å². The summed E-state index contributed by atoms with van der Waals surface area (Å²) in [6.45, 7) is 1.85. The summed E-state index contributed by atoms with van der Waals surface area (Å²) in [5.74, 6) is 0.195. The highest BCUT2D eigenvalue weighted by molar-refractivity contribution is 6.01. The van der Waals surface area contributed by atoms with Crippen LogP contribution in [0.3, 0.4) is 0 Å². The number of aromatic nitrogens is 1. The SMILES string of the molecule is O=C1C[C@@H](O)C[C@H](C=Cc2c(N3CCCC3)nc3ccccc3c2-c2ccc(F)cc2)O1. The number of carbonyl (C=O) groups is 1. The molecule has 1 N–H and O–H groups in total. The number of para-hydroxylation sites is 1. The van der Waals surface area contributed by atoms with Crippen LogP contribution in [0.15, 0.2) is 54.6 Å². The molecule has 2 aromatic carbocycles. The Morgan fingerprint density at radius 2 is 1.84 bits per heavy atom. The largest absolute Gasteiger partial charge is 0.458 e. The molecule has 5 rings (SSSR count). The summed E-state index contributed by atoms with van der Waals surface area (Å²) in [6, 6.07) is 14.5. The number of esters is 1. The van der Waals surface area contributed by atoms with Crippen molar-refractivity contribution < 1.29 is 19.0 Å². The fourth-order valence-corrected chi connectivity index (χ4v) is 4.60. The molecule has 3 aromatic rings. The smallest absolute Gasteiger partial charge is 0.309 e. The molecule has 0 bridgehead atoms. The molecule has 2 saturated heterocycles. The maximum atomic E-state index is 13.7. The summed E-state index contributed by atoms with van der Waals surface area (Å²) in [5.41, 5.74) is 3.65. The van der Waals surface area contributed by atoms with Gasteiger partial charge in [0.1, 0.15) is 17.7 Å². The number of cyclic esters (lactones) is 1. The Morgan fingerprint density at radius 3 is 2.59 bits per heavy atom. The molecule has 32 heavy (non-hydrogen) atoms. The van der Waals surface area contributed by atoms with Gasteiger partial charge in [-0.15, -0.1) is 0 Å². The van der Waals surface area contributed by atoms with Crippen LogP contribution in [0.2, 0.25) is 0 Å². The van der Waals surface area contributed by atoms with E-state index in [0.29, 0.717) is 6.42 Å². The molecule has 0 spiro atoms. The third-order valence-corrected chi connectivity index (χ3v) is 6.12. The van der Waals surface area contributed by atoms with E-state index in [0.717, 1.165) is 59.3 Å². The fourth-order valence-electron chi connectivity index (χ4n) is 4.60. The topological polar surface area (TPSA) is 62.7 Å². The zero-order valence-electron chi connectivity index (χ0n) is 17.7. The number of aliphatic hydroxyl groups is 1. The molecule has 2 aliphatic heterocycles. The number of carbonyl (C=O) groups excluding carboxylic acids is 1. The molecular weight excluding hydrogens is 407 g/mol. The summed E-state index contributed by atoms with van der Waals surface area (Å²) >= 11 is 0. The number of halogens is 1. The van der Waals surface area contributed by atoms with Gasteiger partial charge < -0.3 is 14.7 Å². The molecule has 3 heterocycles. The second kappa shape index (κ2) is 8.71. The van der Waals surface area contributed by atoms with Crippen molar-refractivity contribution in [1.29, 1.82) is 0 Å². The lowest BCUT2D eigenvalue weighted by Crippen LogP contribution is -2.31. The molecule has 0 saturated carbocycles. The lowest BCUT2D eigenvalue weighted by atomic mass is 9.94. The van der Waals surface area contributed by atoms with Gasteiger partial charge in [-0.25, -0.2) is 9.37 Å². The van der Waals surface area contributed by atoms with Gasteiger partial charge in [0, 0.05) is 36.0 Å². The zero-order chi connectivity index (χ0) is 22.1. The number of fused-ring (bicyclic) bond motifs is 1. The van der Waals surface area contributed by atoms with Gasteiger partial charge in [0.05, 0.1) is 18.0 Å². The predicted molar refractivity (Wildman–Crippen MR) is 123 cm³/mol. The number of anilines is 1. The van der Waals surface area contributed by atoms with Gasteiger partial charge in [-0.3, -0.25) is 4.79 Å². The first-order valence-electron chi connectivity index (χ1n) is 11.1. The number of nitrogens with zero attached hydrogens (tertiary/aromatic N) is 2. The molecular formula is C26H25FN2O3. The van der Waals surface area contributed by atoms with Crippen LogP contribution in [0.4, 0.5) is 10.2 Å². The van der Waals surface area contributed by atoms with Gasteiger partial charge in [-0.1, -0.05) is 36.4 Å². The minimum absolute atomic E-state index is 0.0295. The average molecular weight is 432 g/mol. The number of hydrogen-bond acceptors (Lipinski definition) is 5. The van der Waals surface area contributed by atoms with Crippen LogP contribution in [0.5, 0.6) is 0 Å². The summed E-state index contributed by atoms with van der Waals surface area (Å²) in [7, 11) is 0. The van der Waals surface area contributed by atoms with Crippen molar-refractivity contribution in [2.45, 2.75) is 37.9 Å². The first-order chi connectivity index (χ1) is 15.6. The Labute approximate surface area is 186 Å². The molecule has 2 aliphatic rings. The van der Waals surface area contributed by atoms with Crippen LogP contribution < -0.4 is 4.90 Å². The summed E-state index contributed by atoms with van der Waals surface area (Å²) in [4.78, 5) is 19.1. The summed E-state index contributed by atoms with van der Waals surface area (Å²) in [6.07, 6.45) is 5.20. The maximum Gasteiger partial charge on any atom is 0.309 e. The van der Waals surface area contributed by atoms with Crippen molar-refractivity contribution in [2.24, 2.45) is 0 Å². The van der Waals surface area contributed by atoms with Crippen LogP contribution in [-0.2, 0) is 9.53 Å². The summed E-state index contributed by atoms with van der Waals surface area (Å²) < 4.78 is 19.1. The Balaban J connectivity index is 1.69. The van der Waals surface area contributed by atoms with Crippen molar-refractivity contribution in [3.63, 3.8) is 0 Å². The number of pyridine rings is 1. The third-order valence-electron chi connectivity index (χ3n) is 6.12. The molecule has 5 nitrogen and oxygen atoms in total. The van der Waals surface area contributed by atoms with Crippen molar-refractivity contribution in [3.8, 4) is 11.1 Å². The Morgan fingerprint density at radius 1 is 1.09 bits per heavy atom. The second-order valence-corrected chi connectivity index (χ2v) is 8.42. The van der Waals surface area contributed by atoms with Gasteiger partial charge in [-0.05, 0) is 42.7 Å². The molecule has 164 valence electrons. The van der Waals surface area contributed by atoms with Crippen LogP contribution >= 0.6 is 0 Å². The fraction of sp³-hybridized carbons (Fsp3) is 0.308. The molecule has 0 aliphatic carbocycles. The van der Waals surface area contributed by atoms with Crippen molar-refractivity contribution in [1.82, 2.24) is 4.98 Å². The van der Waals surface area contributed by atoms with E-state index in [2.05, 4.69) is 4.90 Å². The first kappa shape index (κ1) is 20.6. The standard InChI is InChI=1S/C26H25FN2O3/c27-18-9-7-17(8-10-18)25-21-5-1-2-6-23(21)28-26(29-13-3-4-14-29)22(25)12-11-20-15-19(30)16-24(31)32-20/h1-2,5-12,19-20,30H,3-4,13-16H2/t19-,20-/m0/s1. The van der Waals surface area contributed by atoms with Crippen LogP contribution in [0.1, 0.15) is 31.2 Å². The monoisotopic (exact) mass is 432 g/mol. The lowest BCUT2D eigenvalue weighted by Gasteiger charge is -2.25. The number of hydrogen-bond donors (Lipinski definition) is 1. The second-order valence-electron chi connectivity index (χ2n) is 8.42. The maximum absolute atomic E-state index is 13.7. The van der Waals surface area contributed by atoms with E-state index in [4.69, 9.17) is 9.72 Å². The minimum atomic E-state index is -0.699. The van der Waals surface area contributed by atoms with E-state index < -0.39 is 18.2 Å². The van der Waals surface area contributed by atoms with E-state index >= 15 is 0 Å². The van der Waals surface area contributed by atoms with E-state index in [1.807, 2.05) is 36.4 Å². The quantitative estimate of drug-likeness (QED) is 0.605. The highest BCUT2D eigenvalue weighted by Crippen LogP contribution is 2.38. The zero-order valence-corrected chi connectivity index (χ0v) is 17.7. The highest BCUT2D eigenvalue weighted by atomic mass is 19.1. The van der Waals surface area contributed by atoms with Crippen LogP contribution in [0.25, 0.3) is 28.1 Å². The number of rotatable bonds is 4. The van der Waals surface area contributed by atoms with E-state index in [1.54, 1.807) is 12.1 Å². The van der Waals surface area contributed by atoms with Gasteiger partial charge in [0.2, 0.25) is 0 Å². The molecule has 2 fully saturated rings. The number of aliphatic hydroxyl groups excluding tert-OH is 1. The van der Waals surface area contributed by atoms with Gasteiger partial charge in [-0.2, -0.15) is 0 Å². The Hall–Kier alpha value is -3.25. The third kappa shape index (κ3) is 4.10. The Kier molecular flexibility index (Phi) is 5.62. The summed E-state index contributed by atoms with van der Waals surface area (Å²) in [5, 5.41) is 11.0. The van der Waals surface area contributed by atoms with Crippen LogP contribution in [0, 0.1) is 5.82 Å². The highest BCUT2D eigenvalue weighted by Gasteiger charge is 2.26. The molecule has 0 radical (unpaired) electrons. The van der Waals surface area contributed by atoms with E-state index in [9.17, 15) is 14.3 Å². The van der Waals surface area contributed by atoms with Crippen molar-refractivity contribution in [3.05, 3.63) is 66.0 Å². The molecule has 2 atom stereocenters. The predicted octanol–water partition coefficient (Wildman–Crippen LogP) is 4.72. The minimum Gasteiger partial charge on any atom is -0.458 e. The lowest BCUT2D eigenvalue weighted by molar-refractivity contribution is -0.156. The number of ether oxygens (including phenoxy) is 1. The average Bonchev–Trinajstić information content (AvgIpc) is 3.32. The van der Waals surface area contributed by atoms with E-state index in [-0.39, 0.29) is 12.2 Å². The normalized spacial score (nSPS) is 21.4. The van der Waals surface area contributed by atoms with Gasteiger partial charge in [0.25, 0.3) is 0 Å². The molecule has 0 unspecified atom stereocenters. The molecule has 6 heteroatoms. The Bertz CT molecular complexity index is 1170. The molecule has 0 amide bonds. The van der Waals surface area contributed by atoms with Crippen LogP contribution in [-0.4, -0.2) is 41.4 Å². The number of benzene rings is 2.